The first-order valence-corrected chi connectivity index (χ1v) is 7.83. The van der Waals surface area contributed by atoms with Crippen LogP contribution >= 0.6 is 0 Å². The number of aromatic nitrogens is 2. The molecule has 0 saturated carbocycles. The van der Waals surface area contributed by atoms with E-state index in [4.69, 9.17) is 0 Å². The highest BCUT2D eigenvalue weighted by molar-refractivity contribution is 6.20. The van der Waals surface area contributed by atoms with Crippen molar-refractivity contribution in [3.63, 3.8) is 0 Å². The molecule has 7 nitrogen and oxygen atoms in total. The van der Waals surface area contributed by atoms with Gasteiger partial charge in [-0.2, -0.15) is 0 Å². The van der Waals surface area contributed by atoms with Crippen LogP contribution in [0.3, 0.4) is 0 Å². The van der Waals surface area contributed by atoms with Crippen molar-refractivity contribution in [3.8, 4) is 0 Å². The number of likely N-dealkylation sites (N-methyl/N-ethyl adjacent to an activating group) is 1. The first kappa shape index (κ1) is 15.5. The van der Waals surface area contributed by atoms with Gasteiger partial charge in [0.2, 0.25) is 11.9 Å². The van der Waals surface area contributed by atoms with Gasteiger partial charge in [-0.25, -0.2) is 13.9 Å². The number of carbonyl (C=O) groups is 2. The molecule has 1 fully saturated rings. The number of rotatable bonds is 4. The molecule has 0 spiro atoms. The molecule has 7 heteroatoms. The van der Waals surface area contributed by atoms with Crippen LogP contribution in [0.4, 0.5) is 10.7 Å². The van der Waals surface area contributed by atoms with Crippen LogP contribution in [0.15, 0.2) is 17.6 Å². The largest absolute Gasteiger partial charge is 0.402 e. The number of fused-ring (bicyclic) bond motifs is 3. The summed E-state index contributed by atoms with van der Waals surface area (Å²) in [5, 5.41) is 0. The van der Waals surface area contributed by atoms with E-state index in [1.165, 1.54) is 9.80 Å². The Balaban J connectivity index is 2.16. The van der Waals surface area contributed by atoms with Gasteiger partial charge in [0, 0.05) is 13.6 Å². The van der Waals surface area contributed by atoms with E-state index in [1.807, 2.05) is 18.4 Å². The number of hydrogen-bond acceptors (Lipinski definition) is 3. The minimum Gasteiger partial charge on any atom is -0.270 e. The van der Waals surface area contributed by atoms with Crippen LogP contribution < -0.4 is 4.57 Å². The third kappa shape index (κ3) is 1.95. The molecular formula is C16H22N5O2+. The van der Waals surface area contributed by atoms with E-state index in [9.17, 15) is 9.59 Å². The van der Waals surface area contributed by atoms with Crippen molar-refractivity contribution in [1.82, 2.24) is 14.4 Å². The molecule has 3 amide bonds. The van der Waals surface area contributed by atoms with E-state index in [0.29, 0.717) is 5.84 Å². The summed E-state index contributed by atoms with van der Waals surface area (Å²) in [6.45, 7) is 10.8. The van der Waals surface area contributed by atoms with Gasteiger partial charge in [-0.15, -0.1) is 6.58 Å². The maximum Gasteiger partial charge on any atom is 0.402 e. The average Bonchev–Trinajstić information content (AvgIpc) is 3.02. The molecule has 1 unspecified atom stereocenters. The van der Waals surface area contributed by atoms with Gasteiger partial charge >= 0.3 is 12.0 Å². The average molecular weight is 316 g/mol. The van der Waals surface area contributed by atoms with Crippen LogP contribution in [0.25, 0.3) is 0 Å². The Morgan fingerprint density at radius 1 is 1.35 bits per heavy atom. The van der Waals surface area contributed by atoms with E-state index in [0.717, 1.165) is 30.3 Å². The molecule has 3 rings (SSSR count). The quantitative estimate of drug-likeness (QED) is 0.624. The number of imide groups is 1. The van der Waals surface area contributed by atoms with Gasteiger partial charge in [0.25, 0.3) is 5.91 Å². The van der Waals surface area contributed by atoms with Gasteiger partial charge in [-0.3, -0.25) is 14.6 Å². The van der Waals surface area contributed by atoms with Gasteiger partial charge in [0.05, 0.1) is 6.54 Å². The molecule has 1 atom stereocenters. The summed E-state index contributed by atoms with van der Waals surface area (Å²) in [6, 6.07) is -0.920. The van der Waals surface area contributed by atoms with Crippen molar-refractivity contribution in [2.45, 2.75) is 39.8 Å². The third-order valence-corrected chi connectivity index (χ3v) is 4.58. The SMILES string of the molecule is C=CCN1C(=O)C2C(=Nc3n2c(C)c(C)[n+]3CCC)N(C)C1=O. The molecule has 0 aliphatic carbocycles. The second kappa shape index (κ2) is 5.33. The Kier molecular flexibility index (Phi) is 3.58. The highest BCUT2D eigenvalue weighted by Crippen LogP contribution is 2.35. The number of amides is 3. The number of nitrogens with zero attached hydrogens (tertiary/aromatic N) is 5. The monoisotopic (exact) mass is 316 g/mol. The van der Waals surface area contributed by atoms with E-state index in [2.05, 4.69) is 23.1 Å². The fourth-order valence-electron chi connectivity index (χ4n) is 3.29. The first-order chi connectivity index (χ1) is 10.9. The van der Waals surface area contributed by atoms with Crippen molar-refractivity contribution in [1.29, 1.82) is 0 Å². The van der Waals surface area contributed by atoms with Crippen LogP contribution in [0.5, 0.6) is 0 Å². The van der Waals surface area contributed by atoms with Crippen molar-refractivity contribution < 1.29 is 14.2 Å². The second-order valence-corrected chi connectivity index (χ2v) is 5.94. The highest BCUT2D eigenvalue weighted by atomic mass is 16.2. The van der Waals surface area contributed by atoms with Crippen molar-refractivity contribution in [2.24, 2.45) is 4.99 Å². The summed E-state index contributed by atoms with van der Waals surface area (Å²) in [6.07, 6.45) is 2.54. The van der Waals surface area contributed by atoms with Gasteiger partial charge in [-0.05, 0) is 20.3 Å². The van der Waals surface area contributed by atoms with Crippen LogP contribution in [0.2, 0.25) is 0 Å². The zero-order valence-corrected chi connectivity index (χ0v) is 14.0. The predicted octanol–water partition coefficient (Wildman–Crippen LogP) is 1.47. The lowest BCUT2D eigenvalue weighted by atomic mass is 10.1. The van der Waals surface area contributed by atoms with Gasteiger partial charge in [0.15, 0.2) is 0 Å². The maximum absolute atomic E-state index is 12.9. The molecule has 2 aliphatic rings. The van der Waals surface area contributed by atoms with E-state index in [-0.39, 0.29) is 18.5 Å². The zero-order valence-electron chi connectivity index (χ0n) is 14.0. The topological polar surface area (TPSA) is 61.8 Å². The van der Waals surface area contributed by atoms with Crippen molar-refractivity contribution >= 4 is 23.7 Å². The van der Waals surface area contributed by atoms with Crippen molar-refractivity contribution in [2.75, 3.05) is 13.6 Å². The molecule has 23 heavy (non-hydrogen) atoms. The lowest BCUT2D eigenvalue weighted by molar-refractivity contribution is -0.689. The minimum atomic E-state index is -0.565. The summed E-state index contributed by atoms with van der Waals surface area (Å²) >= 11 is 0. The molecule has 0 N–H and O–H groups in total. The van der Waals surface area contributed by atoms with Gasteiger partial charge < -0.3 is 0 Å². The molecule has 1 saturated heterocycles. The summed E-state index contributed by atoms with van der Waals surface area (Å²) in [5.74, 6) is 1.01. The Morgan fingerprint density at radius 3 is 2.65 bits per heavy atom. The number of urea groups is 1. The molecule has 2 aliphatic heterocycles. The minimum absolute atomic E-state index is 0.204. The molecule has 0 bridgehead atoms. The Labute approximate surface area is 135 Å². The number of aliphatic imine (C=N–C) groups is 1. The summed E-state index contributed by atoms with van der Waals surface area (Å²) in [5.41, 5.74) is 2.11. The first-order valence-electron chi connectivity index (χ1n) is 7.83. The van der Waals surface area contributed by atoms with Crippen molar-refractivity contribution in [3.05, 3.63) is 24.0 Å². The smallest absolute Gasteiger partial charge is 0.270 e. The molecule has 3 heterocycles. The molecule has 1 aromatic rings. The summed E-state index contributed by atoms with van der Waals surface area (Å²) in [7, 11) is 1.66. The molecule has 0 radical (unpaired) electrons. The summed E-state index contributed by atoms with van der Waals surface area (Å²) in [4.78, 5) is 32.6. The lowest BCUT2D eigenvalue weighted by Gasteiger charge is -2.32. The third-order valence-electron chi connectivity index (χ3n) is 4.58. The molecular weight excluding hydrogens is 294 g/mol. The standard InChI is InChI=1S/C16H22N5O2/c1-6-8-19-10(3)11(4)21-12-13(17-15(19)21)18(5)16(23)20(9-7-2)14(12)22/h7,12H,2,6,8-9H2,1,3-5H3/q+1. The Morgan fingerprint density at radius 2 is 2.04 bits per heavy atom. The maximum atomic E-state index is 12.9. The summed E-state index contributed by atoms with van der Waals surface area (Å²) < 4.78 is 4.06. The zero-order chi connectivity index (χ0) is 16.9. The Hall–Kier alpha value is -2.44. The van der Waals surface area contributed by atoms with E-state index < -0.39 is 6.04 Å². The molecule has 122 valence electrons. The highest BCUT2D eigenvalue weighted by Gasteiger charge is 2.53. The Bertz CT molecular complexity index is 746. The fourth-order valence-corrected chi connectivity index (χ4v) is 3.29. The normalized spacial score (nSPS) is 19.8. The van der Waals surface area contributed by atoms with Gasteiger partial charge in [0.1, 0.15) is 11.4 Å². The number of carbonyl (C=O) groups excluding carboxylic acids is 2. The molecule has 0 aromatic carbocycles. The predicted molar refractivity (Wildman–Crippen MR) is 85.6 cm³/mol. The van der Waals surface area contributed by atoms with E-state index >= 15 is 0 Å². The fraction of sp³-hybridized carbons (Fsp3) is 0.500. The number of hydrogen-bond donors (Lipinski definition) is 0. The number of amidine groups is 1. The second-order valence-electron chi connectivity index (χ2n) is 5.94. The number of imidazole rings is 1. The van der Waals surface area contributed by atoms with Crippen LogP contribution in [0.1, 0.15) is 30.8 Å². The van der Waals surface area contributed by atoms with Crippen LogP contribution in [0, 0.1) is 13.8 Å². The lowest BCUT2D eigenvalue weighted by Crippen LogP contribution is -2.57. The van der Waals surface area contributed by atoms with Crippen LogP contribution in [-0.2, 0) is 11.3 Å². The van der Waals surface area contributed by atoms with Gasteiger partial charge in [-0.1, -0.05) is 18.0 Å². The van der Waals surface area contributed by atoms with Crippen LogP contribution in [-0.4, -0.2) is 45.7 Å². The molecule has 1 aromatic heterocycles. The van der Waals surface area contributed by atoms with E-state index in [1.54, 1.807) is 13.1 Å².